The average molecular weight is 419 g/mol. The summed E-state index contributed by atoms with van der Waals surface area (Å²) in [7, 11) is 0. The SMILES string of the molecule is CCOC[C@]1(C#N)[C@H](O)c2sccc2-c2ccccc2[C@H]1NC(=O)c1ccccc1. The highest BCUT2D eigenvalue weighted by Crippen LogP contribution is 2.53. The Hall–Kier alpha value is -2.98. The molecule has 1 aromatic heterocycles. The molecule has 30 heavy (non-hydrogen) atoms. The van der Waals surface area contributed by atoms with Crippen molar-refractivity contribution in [3.63, 3.8) is 0 Å². The van der Waals surface area contributed by atoms with Crippen molar-refractivity contribution in [1.82, 2.24) is 5.32 Å². The van der Waals surface area contributed by atoms with Crippen molar-refractivity contribution in [3.05, 3.63) is 82.0 Å². The minimum absolute atomic E-state index is 0.00736. The third kappa shape index (κ3) is 3.31. The van der Waals surface area contributed by atoms with Gasteiger partial charge in [-0.1, -0.05) is 42.5 Å². The van der Waals surface area contributed by atoms with Gasteiger partial charge in [-0.05, 0) is 47.2 Å². The number of amides is 1. The van der Waals surface area contributed by atoms with Crippen molar-refractivity contribution < 1.29 is 14.6 Å². The molecule has 1 aliphatic rings. The van der Waals surface area contributed by atoms with Crippen LogP contribution in [0, 0.1) is 16.7 Å². The van der Waals surface area contributed by atoms with Gasteiger partial charge in [0, 0.05) is 17.0 Å². The van der Waals surface area contributed by atoms with Gasteiger partial charge < -0.3 is 15.2 Å². The highest BCUT2D eigenvalue weighted by molar-refractivity contribution is 7.10. The number of ether oxygens (including phenoxy) is 1. The number of rotatable bonds is 5. The number of fused-ring (bicyclic) bond motifs is 3. The standard InChI is InChI=1S/C24H22N2O3S/c1-2-29-15-24(14-25)21(26-23(28)16-8-4-3-5-9-16)19-11-7-6-10-17(19)18-12-13-30-20(18)22(24)27/h3-13,21-22,27H,2,15H2,1H3,(H,26,28)/t21-,22-,24+/m1/s1. The lowest BCUT2D eigenvalue weighted by Gasteiger charge is -2.37. The lowest BCUT2D eigenvalue weighted by atomic mass is 9.74. The van der Waals surface area contributed by atoms with E-state index in [1.54, 1.807) is 24.3 Å². The third-order valence-electron chi connectivity index (χ3n) is 5.57. The summed E-state index contributed by atoms with van der Waals surface area (Å²) in [6.45, 7) is 2.23. The second kappa shape index (κ2) is 8.41. The van der Waals surface area contributed by atoms with Crippen LogP contribution in [0.4, 0.5) is 0 Å². The first-order chi connectivity index (χ1) is 14.6. The number of carbonyl (C=O) groups excluding carboxylic acids is 1. The average Bonchev–Trinajstić information content (AvgIpc) is 3.26. The zero-order valence-electron chi connectivity index (χ0n) is 16.5. The van der Waals surface area contributed by atoms with Gasteiger partial charge in [0.25, 0.3) is 5.91 Å². The van der Waals surface area contributed by atoms with E-state index in [2.05, 4.69) is 11.4 Å². The van der Waals surface area contributed by atoms with Crippen LogP contribution in [0.1, 0.15) is 39.9 Å². The number of benzene rings is 2. The molecule has 1 aliphatic carbocycles. The molecule has 6 heteroatoms. The summed E-state index contributed by atoms with van der Waals surface area (Å²) in [4.78, 5) is 13.8. The first-order valence-electron chi connectivity index (χ1n) is 9.82. The smallest absolute Gasteiger partial charge is 0.251 e. The maximum Gasteiger partial charge on any atom is 0.251 e. The van der Waals surface area contributed by atoms with E-state index >= 15 is 0 Å². The predicted molar refractivity (Wildman–Crippen MR) is 116 cm³/mol. The van der Waals surface area contributed by atoms with E-state index in [-0.39, 0.29) is 12.5 Å². The topological polar surface area (TPSA) is 82.3 Å². The molecule has 0 spiro atoms. The molecule has 0 saturated heterocycles. The highest BCUT2D eigenvalue weighted by atomic mass is 32.1. The van der Waals surface area contributed by atoms with Gasteiger partial charge in [-0.3, -0.25) is 4.79 Å². The second-order valence-corrected chi connectivity index (χ2v) is 8.20. The third-order valence-corrected chi connectivity index (χ3v) is 6.54. The molecule has 5 nitrogen and oxygen atoms in total. The summed E-state index contributed by atoms with van der Waals surface area (Å²) < 4.78 is 5.69. The molecule has 1 heterocycles. The van der Waals surface area contributed by atoms with Gasteiger partial charge in [0.2, 0.25) is 0 Å². The van der Waals surface area contributed by atoms with Crippen LogP contribution in [0.25, 0.3) is 11.1 Å². The molecule has 0 saturated carbocycles. The number of aliphatic hydroxyl groups is 1. The minimum atomic E-state index is -1.38. The predicted octanol–water partition coefficient (Wildman–Crippen LogP) is 4.48. The lowest BCUT2D eigenvalue weighted by molar-refractivity contribution is -0.0283. The van der Waals surface area contributed by atoms with Crippen molar-refractivity contribution in [2.75, 3.05) is 13.2 Å². The molecule has 0 aliphatic heterocycles. The molecule has 4 rings (SSSR count). The summed E-state index contributed by atoms with van der Waals surface area (Å²) in [5.74, 6) is -0.302. The van der Waals surface area contributed by atoms with Gasteiger partial charge >= 0.3 is 0 Å². The Kier molecular flexibility index (Phi) is 5.69. The molecule has 2 N–H and O–H groups in total. The number of thiophene rings is 1. The van der Waals surface area contributed by atoms with Crippen LogP contribution in [-0.2, 0) is 4.74 Å². The van der Waals surface area contributed by atoms with E-state index in [4.69, 9.17) is 4.74 Å². The summed E-state index contributed by atoms with van der Waals surface area (Å²) >= 11 is 1.41. The van der Waals surface area contributed by atoms with Crippen molar-refractivity contribution in [1.29, 1.82) is 5.26 Å². The number of aliphatic hydroxyl groups excluding tert-OH is 1. The fraction of sp³-hybridized carbons (Fsp3) is 0.250. The monoisotopic (exact) mass is 418 g/mol. The molecule has 0 bridgehead atoms. The van der Waals surface area contributed by atoms with Crippen LogP contribution in [0.15, 0.2) is 66.0 Å². The van der Waals surface area contributed by atoms with Crippen LogP contribution in [0.2, 0.25) is 0 Å². The fourth-order valence-corrected chi connectivity index (χ4v) is 5.02. The number of hydrogen-bond acceptors (Lipinski definition) is 5. The second-order valence-electron chi connectivity index (χ2n) is 7.25. The maximum atomic E-state index is 13.1. The summed E-state index contributed by atoms with van der Waals surface area (Å²) in [5.41, 5.74) is 1.69. The van der Waals surface area contributed by atoms with Gasteiger partial charge in [0.15, 0.2) is 0 Å². The first kappa shape index (κ1) is 20.3. The van der Waals surface area contributed by atoms with E-state index < -0.39 is 17.6 Å². The molecule has 152 valence electrons. The van der Waals surface area contributed by atoms with E-state index in [9.17, 15) is 15.2 Å². The first-order valence-corrected chi connectivity index (χ1v) is 10.7. The van der Waals surface area contributed by atoms with Crippen molar-refractivity contribution in [3.8, 4) is 17.2 Å². The van der Waals surface area contributed by atoms with E-state index in [1.165, 1.54) is 11.3 Å². The number of carbonyl (C=O) groups is 1. The summed E-state index contributed by atoms with van der Waals surface area (Å²) in [6.07, 6.45) is -1.11. The largest absolute Gasteiger partial charge is 0.386 e. The van der Waals surface area contributed by atoms with Crippen LogP contribution in [-0.4, -0.2) is 24.2 Å². The molecular formula is C24H22N2O3S. The van der Waals surface area contributed by atoms with Gasteiger partial charge in [-0.15, -0.1) is 11.3 Å². The minimum Gasteiger partial charge on any atom is -0.386 e. The maximum absolute atomic E-state index is 13.1. The van der Waals surface area contributed by atoms with Gasteiger partial charge in [0.1, 0.15) is 11.5 Å². The van der Waals surface area contributed by atoms with Crippen LogP contribution < -0.4 is 5.32 Å². The number of nitriles is 1. The van der Waals surface area contributed by atoms with E-state index in [0.29, 0.717) is 17.0 Å². The molecule has 0 radical (unpaired) electrons. The van der Waals surface area contributed by atoms with Gasteiger partial charge in [-0.2, -0.15) is 5.26 Å². The van der Waals surface area contributed by atoms with Gasteiger partial charge in [-0.25, -0.2) is 0 Å². The van der Waals surface area contributed by atoms with Crippen molar-refractivity contribution in [2.45, 2.75) is 19.1 Å². The normalized spacial score (nSPS) is 22.3. The lowest BCUT2D eigenvalue weighted by Crippen LogP contribution is -2.46. The van der Waals surface area contributed by atoms with E-state index in [0.717, 1.165) is 16.7 Å². The van der Waals surface area contributed by atoms with Gasteiger partial charge in [0.05, 0.1) is 18.7 Å². The summed E-state index contributed by atoms with van der Waals surface area (Å²) in [6, 6.07) is 20.1. The molecule has 2 aromatic carbocycles. The van der Waals surface area contributed by atoms with Crippen molar-refractivity contribution in [2.24, 2.45) is 5.41 Å². The Balaban J connectivity index is 1.90. The zero-order chi connectivity index (χ0) is 21.1. The Morgan fingerprint density at radius 1 is 1.17 bits per heavy atom. The molecule has 3 aromatic rings. The Morgan fingerprint density at radius 3 is 2.63 bits per heavy atom. The Labute approximate surface area is 179 Å². The van der Waals surface area contributed by atoms with E-state index in [1.807, 2.05) is 48.7 Å². The number of nitrogens with zero attached hydrogens (tertiary/aromatic N) is 1. The quantitative estimate of drug-likeness (QED) is 0.640. The Bertz CT molecular complexity index is 1090. The van der Waals surface area contributed by atoms with Crippen LogP contribution in [0.5, 0.6) is 0 Å². The van der Waals surface area contributed by atoms with Crippen LogP contribution in [0.3, 0.4) is 0 Å². The molecule has 0 unspecified atom stereocenters. The number of nitrogens with one attached hydrogen (secondary N) is 1. The molecule has 3 atom stereocenters. The molecule has 1 amide bonds. The fourth-order valence-electron chi connectivity index (χ4n) is 4.02. The number of hydrogen-bond donors (Lipinski definition) is 2. The van der Waals surface area contributed by atoms with Crippen LogP contribution >= 0.6 is 11.3 Å². The van der Waals surface area contributed by atoms with Crippen molar-refractivity contribution >= 4 is 17.2 Å². The molecular weight excluding hydrogens is 396 g/mol. The Morgan fingerprint density at radius 2 is 1.90 bits per heavy atom. The summed E-state index contributed by atoms with van der Waals surface area (Å²) in [5, 5.41) is 26.8. The zero-order valence-corrected chi connectivity index (χ0v) is 17.4. The molecule has 0 fully saturated rings. The highest BCUT2D eigenvalue weighted by Gasteiger charge is 2.52.